The van der Waals surface area contributed by atoms with Crippen molar-refractivity contribution in [3.8, 4) is 0 Å². The Labute approximate surface area is 163 Å². The van der Waals surface area contributed by atoms with Gasteiger partial charge in [-0.25, -0.2) is 9.97 Å². The van der Waals surface area contributed by atoms with Crippen LogP contribution in [-0.4, -0.2) is 31.0 Å². The first kappa shape index (κ1) is 16.9. The fourth-order valence-corrected chi connectivity index (χ4v) is 3.87. The number of nitrogens with zero attached hydrogens (tertiary/aromatic N) is 5. The van der Waals surface area contributed by atoms with Gasteiger partial charge in [0.25, 0.3) is 0 Å². The van der Waals surface area contributed by atoms with Crippen LogP contribution in [0.15, 0.2) is 60.8 Å². The van der Waals surface area contributed by atoms with E-state index in [4.69, 9.17) is 10.7 Å². The molecule has 1 aliphatic rings. The van der Waals surface area contributed by atoms with Gasteiger partial charge >= 0.3 is 0 Å². The molecule has 1 aliphatic heterocycles. The number of hydrogen-bond acceptors (Lipinski definition) is 5. The number of nitrogens with two attached hydrogens (primary N) is 1. The van der Waals surface area contributed by atoms with Crippen molar-refractivity contribution in [1.29, 1.82) is 0 Å². The highest BCUT2D eigenvalue weighted by Gasteiger charge is 2.19. The van der Waals surface area contributed by atoms with Crippen LogP contribution < -0.4 is 5.73 Å². The molecule has 2 N–H and O–H groups in total. The van der Waals surface area contributed by atoms with Crippen LogP contribution in [0.1, 0.15) is 28.1 Å². The summed E-state index contributed by atoms with van der Waals surface area (Å²) in [6, 6.07) is 18.9. The first-order valence-electron chi connectivity index (χ1n) is 9.58. The van der Waals surface area contributed by atoms with Gasteiger partial charge < -0.3 is 5.73 Å². The minimum atomic E-state index is 0.370. The van der Waals surface area contributed by atoms with Crippen LogP contribution in [-0.2, 0) is 25.9 Å². The molecule has 4 aromatic rings. The SMILES string of the molecule is Nc1ncc(CN2CCc3ccccc3C2)c2nc(Cc3ccccc3)nn12. The highest BCUT2D eigenvalue weighted by molar-refractivity contribution is 5.50. The van der Waals surface area contributed by atoms with E-state index in [1.54, 1.807) is 4.52 Å². The zero-order chi connectivity index (χ0) is 18.9. The smallest absolute Gasteiger partial charge is 0.223 e. The monoisotopic (exact) mass is 370 g/mol. The van der Waals surface area contributed by atoms with Crippen LogP contribution in [0, 0.1) is 0 Å². The van der Waals surface area contributed by atoms with E-state index in [0.717, 1.165) is 43.1 Å². The molecule has 0 spiro atoms. The first-order chi connectivity index (χ1) is 13.8. The first-order valence-corrected chi connectivity index (χ1v) is 9.58. The number of benzene rings is 2. The van der Waals surface area contributed by atoms with Gasteiger partial charge in [-0.15, -0.1) is 5.10 Å². The molecule has 0 saturated carbocycles. The highest BCUT2D eigenvalue weighted by Crippen LogP contribution is 2.22. The van der Waals surface area contributed by atoms with E-state index in [-0.39, 0.29) is 0 Å². The number of fused-ring (bicyclic) bond motifs is 2. The van der Waals surface area contributed by atoms with Crippen LogP contribution >= 0.6 is 0 Å². The topological polar surface area (TPSA) is 72.3 Å². The maximum atomic E-state index is 6.06. The van der Waals surface area contributed by atoms with Gasteiger partial charge in [0.05, 0.1) is 0 Å². The fraction of sp³-hybridized carbons (Fsp3) is 0.227. The number of aromatic nitrogens is 4. The van der Waals surface area contributed by atoms with Crippen molar-refractivity contribution in [3.63, 3.8) is 0 Å². The molecule has 3 heterocycles. The van der Waals surface area contributed by atoms with Crippen molar-refractivity contribution in [2.24, 2.45) is 0 Å². The minimum absolute atomic E-state index is 0.370. The minimum Gasteiger partial charge on any atom is -0.368 e. The third kappa shape index (κ3) is 3.23. The van der Waals surface area contributed by atoms with E-state index < -0.39 is 0 Å². The lowest BCUT2D eigenvalue weighted by Gasteiger charge is -2.28. The predicted octanol–water partition coefficient (Wildman–Crippen LogP) is 2.86. The van der Waals surface area contributed by atoms with E-state index >= 15 is 0 Å². The maximum absolute atomic E-state index is 6.06. The zero-order valence-electron chi connectivity index (χ0n) is 15.6. The molecule has 6 heteroatoms. The van der Waals surface area contributed by atoms with Crippen LogP contribution in [0.2, 0.25) is 0 Å². The molecular weight excluding hydrogens is 348 g/mol. The largest absolute Gasteiger partial charge is 0.368 e. The van der Waals surface area contributed by atoms with E-state index in [0.29, 0.717) is 12.4 Å². The Balaban J connectivity index is 1.43. The molecule has 0 saturated heterocycles. The van der Waals surface area contributed by atoms with Crippen LogP contribution in [0.25, 0.3) is 5.65 Å². The van der Waals surface area contributed by atoms with Crippen LogP contribution in [0.4, 0.5) is 5.95 Å². The number of anilines is 1. The van der Waals surface area contributed by atoms with Gasteiger partial charge in [-0.3, -0.25) is 4.90 Å². The van der Waals surface area contributed by atoms with Crippen LogP contribution in [0.5, 0.6) is 0 Å². The summed E-state index contributed by atoms with van der Waals surface area (Å²) in [7, 11) is 0. The van der Waals surface area contributed by atoms with Crippen LogP contribution in [0.3, 0.4) is 0 Å². The summed E-state index contributed by atoms with van der Waals surface area (Å²) in [4.78, 5) is 11.6. The Hall–Kier alpha value is -3.25. The third-order valence-electron chi connectivity index (χ3n) is 5.32. The Morgan fingerprint density at radius 1 is 0.964 bits per heavy atom. The van der Waals surface area contributed by atoms with E-state index in [9.17, 15) is 0 Å². The standard InChI is InChI=1S/C22H22N6/c23-22-24-13-19(15-27-11-10-17-8-4-5-9-18(17)14-27)21-25-20(26-28(21)22)12-16-6-2-1-3-7-16/h1-9,13H,10-12,14-15H2,(H2,23,24). The predicted molar refractivity (Wildman–Crippen MR) is 109 cm³/mol. The zero-order valence-corrected chi connectivity index (χ0v) is 15.6. The second kappa shape index (κ2) is 7.05. The molecular formula is C22H22N6. The summed E-state index contributed by atoms with van der Waals surface area (Å²) in [6.07, 6.45) is 3.59. The van der Waals surface area contributed by atoms with Gasteiger partial charge in [0.1, 0.15) is 0 Å². The van der Waals surface area contributed by atoms with Gasteiger partial charge in [-0.05, 0) is 23.1 Å². The molecule has 140 valence electrons. The number of nitrogen functional groups attached to an aromatic ring is 1. The van der Waals surface area contributed by atoms with E-state index in [1.807, 2.05) is 24.4 Å². The molecule has 0 aliphatic carbocycles. The van der Waals surface area contributed by atoms with Crippen molar-refractivity contribution in [2.75, 3.05) is 12.3 Å². The summed E-state index contributed by atoms with van der Waals surface area (Å²) >= 11 is 0. The normalized spacial score (nSPS) is 14.3. The molecule has 0 unspecified atom stereocenters. The van der Waals surface area contributed by atoms with Crippen molar-refractivity contribution >= 4 is 11.6 Å². The Morgan fingerprint density at radius 3 is 2.61 bits per heavy atom. The number of rotatable bonds is 4. The third-order valence-corrected chi connectivity index (χ3v) is 5.32. The molecule has 0 atom stereocenters. The Bertz CT molecular complexity index is 1120. The lowest BCUT2D eigenvalue weighted by molar-refractivity contribution is 0.246. The molecule has 0 amide bonds. The molecule has 28 heavy (non-hydrogen) atoms. The van der Waals surface area contributed by atoms with Gasteiger partial charge in [-0.2, -0.15) is 4.52 Å². The summed E-state index contributed by atoms with van der Waals surface area (Å²) < 4.78 is 1.67. The Kier molecular flexibility index (Phi) is 4.25. The van der Waals surface area contributed by atoms with Gasteiger partial charge in [0.15, 0.2) is 11.5 Å². The van der Waals surface area contributed by atoms with Gasteiger partial charge in [-0.1, -0.05) is 54.6 Å². The van der Waals surface area contributed by atoms with Crippen molar-refractivity contribution in [1.82, 2.24) is 24.5 Å². The molecule has 5 rings (SSSR count). The average Bonchev–Trinajstić information content (AvgIpc) is 3.16. The molecule has 2 aromatic heterocycles. The second-order valence-corrected chi connectivity index (χ2v) is 7.30. The molecule has 0 radical (unpaired) electrons. The summed E-state index contributed by atoms with van der Waals surface area (Å²) in [5.74, 6) is 1.13. The van der Waals surface area contributed by atoms with Crippen molar-refractivity contribution in [3.05, 3.63) is 88.9 Å². The number of hydrogen-bond donors (Lipinski definition) is 1. The molecule has 2 aromatic carbocycles. The lowest BCUT2D eigenvalue weighted by Crippen LogP contribution is -2.30. The Morgan fingerprint density at radius 2 is 1.75 bits per heavy atom. The van der Waals surface area contributed by atoms with E-state index in [1.165, 1.54) is 16.7 Å². The van der Waals surface area contributed by atoms with Crippen molar-refractivity contribution in [2.45, 2.75) is 25.9 Å². The van der Waals surface area contributed by atoms with Gasteiger partial charge in [0.2, 0.25) is 5.95 Å². The molecule has 6 nitrogen and oxygen atoms in total. The molecule has 0 bridgehead atoms. The average molecular weight is 370 g/mol. The highest BCUT2D eigenvalue weighted by atomic mass is 15.3. The summed E-state index contributed by atoms with van der Waals surface area (Å²) in [5, 5.41) is 4.60. The summed E-state index contributed by atoms with van der Waals surface area (Å²) in [5.41, 5.74) is 12.0. The quantitative estimate of drug-likeness (QED) is 0.598. The van der Waals surface area contributed by atoms with Gasteiger partial charge in [0, 0.05) is 37.8 Å². The summed E-state index contributed by atoms with van der Waals surface area (Å²) in [6.45, 7) is 2.75. The molecule has 0 fully saturated rings. The van der Waals surface area contributed by atoms with E-state index in [2.05, 4.69) is 51.4 Å². The fourth-order valence-electron chi connectivity index (χ4n) is 3.87. The van der Waals surface area contributed by atoms with Crippen molar-refractivity contribution < 1.29 is 0 Å². The maximum Gasteiger partial charge on any atom is 0.223 e. The second-order valence-electron chi connectivity index (χ2n) is 7.30. The lowest BCUT2D eigenvalue weighted by atomic mass is 10.00.